The van der Waals surface area contributed by atoms with E-state index in [2.05, 4.69) is 11.3 Å². The normalized spacial score (nSPS) is 11.8. The predicted molar refractivity (Wildman–Crippen MR) is 56.9 cm³/mol. The van der Waals surface area contributed by atoms with Gasteiger partial charge in [0.1, 0.15) is 18.4 Å². The van der Waals surface area contributed by atoms with Gasteiger partial charge in [0.15, 0.2) is 0 Å². The molecule has 3 nitrogen and oxygen atoms in total. The molecule has 0 saturated heterocycles. The van der Waals surface area contributed by atoms with Crippen LogP contribution in [0.1, 0.15) is 0 Å². The molecule has 0 radical (unpaired) electrons. The third-order valence-electron chi connectivity index (χ3n) is 1.63. The lowest BCUT2D eigenvalue weighted by Crippen LogP contribution is -2.38. The van der Waals surface area contributed by atoms with Crippen molar-refractivity contribution < 1.29 is 4.74 Å². The molecule has 1 rings (SSSR count). The largest absolute Gasteiger partial charge is 0.491 e. The molecule has 1 aromatic carbocycles. The van der Waals surface area contributed by atoms with E-state index in [1.807, 2.05) is 0 Å². The van der Waals surface area contributed by atoms with E-state index in [4.69, 9.17) is 28.6 Å². The van der Waals surface area contributed by atoms with Gasteiger partial charge in [-0.25, -0.2) is 5.43 Å². The second kappa shape index (κ2) is 5.51. The van der Waals surface area contributed by atoms with Crippen molar-refractivity contribution >= 4 is 11.6 Å². The number of nitrogens with two attached hydrogens (primary N) is 1. The van der Waals surface area contributed by atoms with Crippen LogP contribution in [0.2, 0.25) is 5.02 Å². The molecule has 0 heterocycles. The molecule has 14 heavy (non-hydrogen) atoms. The zero-order valence-electron chi connectivity index (χ0n) is 7.53. The molecular weight excluding hydrogens is 200 g/mol. The van der Waals surface area contributed by atoms with E-state index in [0.717, 1.165) is 0 Å². The van der Waals surface area contributed by atoms with Crippen LogP contribution in [0.3, 0.4) is 0 Å². The Morgan fingerprint density at radius 2 is 2.14 bits per heavy atom. The predicted octanol–water partition coefficient (Wildman–Crippen LogP) is 1.18. The average Bonchev–Trinajstić information content (AvgIpc) is 2.22. The number of hydrogen-bond donors (Lipinski definition) is 2. The number of rotatable bonds is 4. The summed E-state index contributed by atoms with van der Waals surface area (Å²) in [5, 5.41) is 0.669. The van der Waals surface area contributed by atoms with Gasteiger partial charge in [-0.1, -0.05) is 17.5 Å². The van der Waals surface area contributed by atoms with Gasteiger partial charge in [-0.2, -0.15) is 0 Å². The van der Waals surface area contributed by atoms with Crippen LogP contribution in [-0.4, -0.2) is 12.6 Å². The van der Waals surface area contributed by atoms with Crippen molar-refractivity contribution in [2.45, 2.75) is 6.04 Å². The van der Waals surface area contributed by atoms with E-state index >= 15 is 0 Å². The molecule has 1 atom stereocenters. The number of nitrogens with one attached hydrogen (secondary N) is 1. The molecule has 0 spiro atoms. The molecule has 74 valence electrons. The fourth-order valence-electron chi connectivity index (χ4n) is 0.855. The highest BCUT2D eigenvalue weighted by Gasteiger charge is 2.02. The summed E-state index contributed by atoms with van der Waals surface area (Å²) in [6.07, 6.45) is 5.18. The van der Waals surface area contributed by atoms with Crippen LogP contribution in [0.25, 0.3) is 0 Å². The zero-order chi connectivity index (χ0) is 10.4. The number of benzene rings is 1. The monoisotopic (exact) mass is 210 g/mol. The summed E-state index contributed by atoms with van der Waals surface area (Å²) in [6, 6.07) is 6.75. The van der Waals surface area contributed by atoms with E-state index in [1.54, 1.807) is 24.3 Å². The van der Waals surface area contributed by atoms with Crippen LogP contribution >= 0.6 is 11.6 Å². The van der Waals surface area contributed by atoms with E-state index < -0.39 is 0 Å². The first-order valence-corrected chi connectivity index (χ1v) is 4.44. The molecule has 3 N–H and O–H groups in total. The zero-order valence-corrected chi connectivity index (χ0v) is 8.29. The number of terminal acetylenes is 1. The Labute approximate surface area is 88.2 Å². The van der Waals surface area contributed by atoms with Crippen molar-refractivity contribution in [1.29, 1.82) is 0 Å². The fraction of sp³-hybridized carbons (Fsp3) is 0.200. The summed E-state index contributed by atoms with van der Waals surface area (Å²) < 4.78 is 5.36. The molecule has 0 aliphatic heterocycles. The lowest BCUT2D eigenvalue weighted by molar-refractivity contribution is 0.291. The first-order chi connectivity index (χ1) is 6.76. The standard InChI is InChI=1S/C10H11ClN2O/c1-2-9(13-12)7-14-10-5-3-8(11)4-6-10/h1,3-6,9,13H,7,12H2. The Kier molecular flexibility index (Phi) is 4.27. The van der Waals surface area contributed by atoms with Crippen molar-refractivity contribution in [1.82, 2.24) is 5.43 Å². The highest BCUT2D eigenvalue weighted by molar-refractivity contribution is 6.30. The van der Waals surface area contributed by atoms with E-state index in [0.29, 0.717) is 17.4 Å². The molecule has 0 bridgehead atoms. The highest BCUT2D eigenvalue weighted by Crippen LogP contribution is 2.15. The first-order valence-electron chi connectivity index (χ1n) is 4.07. The average molecular weight is 211 g/mol. The number of ether oxygens (including phenoxy) is 1. The maximum Gasteiger partial charge on any atom is 0.119 e. The van der Waals surface area contributed by atoms with Crippen LogP contribution in [0.4, 0.5) is 0 Å². The summed E-state index contributed by atoms with van der Waals surface area (Å²) in [4.78, 5) is 0. The highest BCUT2D eigenvalue weighted by atomic mass is 35.5. The molecule has 0 fully saturated rings. The SMILES string of the molecule is C#CC(COc1ccc(Cl)cc1)NN. The van der Waals surface area contributed by atoms with Crippen molar-refractivity contribution in [3.63, 3.8) is 0 Å². The Bertz CT molecular complexity index is 318. The van der Waals surface area contributed by atoms with Crippen LogP contribution in [0.15, 0.2) is 24.3 Å². The third kappa shape index (κ3) is 3.27. The third-order valence-corrected chi connectivity index (χ3v) is 1.88. The first kappa shape index (κ1) is 10.9. The minimum atomic E-state index is -0.286. The molecule has 0 amide bonds. The summed E-state index contributed by atoms with van der Waals surface area (Å²) >= 11 is 5.71. The molecule has 4 heteroatoms. The minimum absolute atomic E-state index is 0.286. The summed E-state index contributed by atoms with van der Waals surface area (Å²) in [5.74, 6) is 8.34. The summed E-state index contributed by atoms with van der Waals surface area (Å²) in [6.45, 7) is 0.328. The van der Waals surface area contributed by atoms with Crippen molar-refractivity contribution in [2.75, 3.05) is 6.61 Å². The van der Waals surface area contributed by atoms with Crippen LogP contribution in [0, 0.1) is 12.3 Å². The second-order valence-electron chi connectivity index (χ2n) is 2.65. The van der Waals surface area contributed by atoms with E-state index in [9.17, 15) is 0 Å². The quantitative estimate of drug-likeness (QED) is 0.446. The maximum atomic E-state index is 5.71. The van der Waals surface area contributed by atoms with E-state index in [-0.39, 0.29) is 6.04 Å². The Morgan fingerprint density at radius 3 is 2.64 bits per heavy atom. The van der Waals surface area contributed by atoms with E-state index in [1.165, 1.54) is 0 Å². The van der Waals surface area contributed by atoms with Gasteiger partial charge in [-0.15, -0.1) is 6.42 Å². The smallest absolute Gasteiger partial charge is 0.119 e. The van der Waals surface area contributed by atoms with Gasteiger partial charge in [0.25, 0.3) is 0 Å². The molecule has 0 saturated carbocycles. The molecular formula is C10H11ClN2O. The van der Waals surface area contributed by atoms with Gasteiger partial charge in [-0.3, -0.25) is 5.84 Å². The van der Waals surface area contributed by atoms with Crippen molar-refractivity contribution in [2.24, 2.45) is 5.84 Å². The van der Waals surface area contributed by atoms with Gasteiger partial charge in [0.2, 0.25) is 0 Å². The Morgan fingerprint density at radius 1 is 1.50 bits per heavy atom. The van der Waals surface area contributed by atoms with Gasteiger partial charge in [-0.05, 0) is 24.3 Å². The molecule has 0 aliphatic rings. The van der Waals surface area contributed by atoms with Gasteiger partial charge < -0.3 is 4.74 Å². The van der Waals surface area contributed by atoms with Gasteiger partial charge in [0, 0.05) is 5.02 Å². The summed E-state index contributed by atoms with van der Waals surface area (Å²) in [5.41, 5.74) is 2.45. The van der Waals surface area contributed by atoms with Crippen molar-refractivity contribution in [3.05, 3.63) is 29.3 Å². The van der Waals surface area contributed by atoms with Gasteiger partial charge in [0.05, 0.1) is 0 Å². The van der Waals surface area contributed by atoms with Crippen LogP contribution in [0.5, 0.6) is 5.75 Å². The molecule has 0 aliphatic carbocycles. The molecule has 1 aromatic rings. The van der Waals surface area contributed by atoms with Crippen LogP contribution in [-0.2, 0) is 0 Å². The maximum absolute atomic E-state index is 5.71. The number of halogens is 1. The lowest BCUT2D eigenvalue weighted by atomic mass is 10.3. The topological polar surface area (TPSA) is 47.3 Å². The fourth-order valence-corrected chi connectivity index (χ4v) is 0.981. The van der Waals surface area contributed by atoms with Crippen molar-refractivity contribution in [3.8, 4) is 18.1 Å². The lowest BCUT2D eigenvalue weighted by Gasteiger charge is -2.10. The Balaban J connectivity index is 2.46. The second-order valence-corrected chi connectivity index (χ2v) is 3.09. The number of hydrogen-bond acceptors (Lipinski definition) is 3. The number of hydrazine groups is 1. The Hall–Kier alpha value is -1.21. The van der Waals surface area contributed by atoms with Crippen LogP contribution < -0.4 is 16.0 Å². The summed E-state index contributed by atoms with van der Waals surface area (Å²) in [7, 11) is 0. The minimum Gasteiger partial charge on any atom is -0.491 e. The van der Waals surface area contributed by atoms with Gasteiger partial charge >= 0.3 is 0 Å². The molecule has 0 aromatic heterocycles. The molecule has 1 unspecified atom stereocenters.